The molecule has 0 saturated carbocycles. The van der Waals surface area contributed by atoms with Crippen LogP contribution in [0.2, 0.25) is 5.02 Å². The van der Waals surface area contributed by atoms with E-state index >= 15 is 0 Å². The number of carbonyl (C=O) groups excluding carboxylic acids is 2. The second-order valence-corrected chi connectivity index (χ2v) is 13.4. The van der Waals surface area contributed by atoms with Crippen LogP contribution >= 0.6 is 11.6 Å². The molecule has 4 aromatic carbocycles. The molecule has 0 bridgehead atoms. The summed E-state index contributed by atoms with van der Waals surface area (Å²) in [5.74, 6) is 0.146. The van der Waals surface area contributed by atoms with Crippen LogP contribution in [0.4, 0.5) is 5.69 Å². The summed E-state index contributed by atoms with van der Waals surface area (Å²) in [5.41, 5.74) is 1.75. The van der Waals surface area contributed by atoms with Gasteiger partial charge in [0, 0.05) is 24.0 Å². The first-order valence-corrected chi connectivity index (χ1v) is 17.1. The van der Waals surface area contributed by atoms with Crippen LogP contribution < -0.4 is 19.1 Å². The molecule has 11 heteroatoms. The zero-order chi connectivity index (χ0) is 34.0. The Morgan fingerprint density at radius 2 is 1.49 bits per heavy atom. The lowest BCUT2D eigenvalue weighted by Crippen LogP contribution is -2.54. The van der Waals surface area contributed by atoms with Gasteiger partial charge in [0.25, 0.3) is 10.0 Å². The van der Waals surface area contributed by atoms with Crippen LogP contribution in [-0.4, -0.2) is 58.0 Å². The number of amides is 2. The third-order valence-corrected chi connectivity index (χ3v) is 9.80. The number of anilines is 1. The quantitative estimate of drug-likeness (QED) is 0.163. The minimum Gasteiger partial charge on any atom is -0.497 e. The molecule has 1 N–H and O–H groups in total. The van der Waals surface area contributed by atoms with E-state index in [1.54, 1.807) is 43.5 Å². The van der Waals surface area contributed by atoms with Crippen molar-refractivity contribution in [1.29, 1.82) is 0 Å². The van der Waals surface area contributed by atoms with E-state index in [1.165, 1.54) is 42.3 Å². The molecule has 2 atom stereocenters. The maximum atomic E-state index is 14.6. The van der Waals surface area contributed by atoms with Crippen molar-refractivity contribution in [2.45, 2.75) is 50.2 Å². The van der Waals surface area contributed by atoms with Crippen LogP contribution in [0.15, 0.2) is 108 Å². The fraction of sp³-hybridized carbons (Fsp3) is 0.278. The maximum Gasteiger partial charge on any atom is 0.264 e. The van der Waals surface area contributed by atoms with Crippen molar-refractivity contribution in [3.05, 3.63) is 119 Å². The fourth-order valence-electron chi connectivity index (χ4n) is 5.00. The predicted molar refractivity (Wildman–Crippen MR) is 184 cm³/mol. The average molecular weight is 678 g/mol. The van der Waals surface area contributed by atoms with Crippen LogP contribution in [0.5, 0.6) is 11.5 Å². The SMILES string of the molecule is CC[C@@H](C)NC(=O)[C@@H](Cc1ccccc1)N(Cc1cccc(OC)c1)C(=O)CN(c1cccc(Cl)c1)S(=O)(=O)c1ccc(OC)cc1. The predicted octanol–water partition coefficient (Wildman–Crippen LogP) is 6.11. The molecule has 0 heterocycles. The van der Waals surface area contributed by atoms with Gasteiger partial charge in [-0.2, -0.15) is 0 Å². The first kappa shape index (κ1) is 35.3. The Labute approximate surface area is 282 Å². The van der Waals surface area contributed by atoms with Gasteiger partial charge in [0.2, 0.25) is 11.8 Å². The number of halogens is 1. The van der Waals surface area contributed by atoms with E-state index in [2.05, 4.69) is 5.32 Å². The lowest BCUT2D eigenvalue weighted by Gasteiger charge is -2.34. The summed E-state index contributed by atoms with van der Waals surface area (Å²) < 4.78 is 40.0. The largest absolute Gasteiger partial charge is 0.497 e. The monoisotopic (exact) mass is 677 g/mol. The Morgan fingerprint density at radius 1 is 0.830 bits per heavy atom. The highest BCUT2D eigenvalue weighted by molar-refractivity contribution is 7.92. The molecule has 47 heavy (non-hydrogen) atoms. The molecule has 2 amide bonds. The lowest BCUT2D eigenvalue weighted by molar-refractivity contribution is -0.140. The summed E-state index contributed by atoms with van der Waals surface area (Å²) in [7, 11) is -1.25. The number of ether oxygens (including phenoxy) is 2. The molecule has 0 fully saturated rings. The lowest BCUT2D eigenvalue weighted by atomic mass is 10.0. The number of nitrogens with zero attached hydrogens (tertiary/aromatic N) is 2. The van der Waals surface area contributed by atoms with E-state index in [9.17, 15) is 18.0 Å². The van der Waals surface area contributed by atoms with E-state index in [-0.39, 0.29) is 35.5 Å². The standard InChI is InChI=1S/C36H40ClN3O6S/c1-5-26(2)38-36(42)34(22-27-11-7-6-8-12-27)39(24-28-13-9-16-32(21-28)46-4)35(41)25-40(30-15-10-14-29(37)23-30)47(43,44)33-19-17-31(45-3)18-20-33/h6-21,23,26,34H,5,22,24-25H2,1-4H3,(H,38,42)/t26-,34-/m1/s1. The molecule has 0 aliphatic heterocycles. The van der Waals surface area contributed by atoms with Gasteiger partial charge in [-0.25, -0.2) is 8.42 Å². The molecule has 0 aliphatic carbocycles. The molecule has 0 aromatic heterocycles. The second-order valence-electron chi connectivity index (χ2n) is 11.1. The van der Waals surface area contributed by atoms with Gasteiger partial charge >= 0.3 is 0 Å². The van der Waals surface area contributed by atoms with E-state index < -0.39 is 28.5 Å². The third-order valence-electron chi connectivity index (χ3n) is 7.78. The van der Waals surface area contributed by atoms with Crippen molar-refractivity contribution in [2.75, 3.05) is 25.1 Å². The summed E-state index contributed by atoms with van der Waals surface area (Å²) in [6, 6.07) is 27.7. The Kier molecular flexibility index (Phi) is 12.3. The van der Waals surface area contributed by atoms with E-state index in [0.717, 1.165) is 9.87 Å². The molecule has 0 saturated heterocycles. The number of nitrogens with one attached hydrogen (secondary N) is 1. The highest BCUT2D eigenvalue weighted by Crippen LogP contribution is 2.28. The van der Waals surface area contributed by atoms with E-state index in [4.69, 9.17) is 21.1 Å². The minimum atomic E-state index is -4.28. The second kappa shape index (κ2) is 16.3. The van der Waals surface area contributed by atoms with Gasteiger partial charge in [-0.3, -0.25) is 13.9 Å². The molecule has 9 nitrogen and oxygen atoms in total. The number of sulfonamides is 1. The number of methoxy groups -OCH3 is 2. The van der Waals surface area contributed by atoms with Gasteiger partial charge in [-0.1, -0.05) is 67.1 Å². The van der Waals surface area contributed by atoms with Crippen molar-refractivity contribution in [2.24, 2.45) is 0 Å². The first-order valence-electron chi connectivity index (χ1n) is 15.2. The van der Waals surface area contributed by atoms with Gasteiger partial charge in [0.15, 0.2) is 0 Å². The van der Waals surface area contributed by atoms with Crippen LogP contribution in [0.1, 0.15) is 31.4 Å². The molecular formula is C36H40ClN3O6S. The molecule has 0 radical (unpaired) electrons. The maximum absolute atomic E-state index is 14.6. The Hall–Kier alpha value is -4.54. The van der Waals surface area contributed by atoms with E-state index in [1.807, 2.05) is 50.2 Å². The van der Waals surface area contributed by atoms with Crippen molar-refractivity contribution in [3.63, 3.8) is 0 Å². The molecule has 0 unspecified atom stereocenters. The summed E-state index contributed by atoms with van der Waals surface area (Å²) >= 11 is 6.31. The number of hydrogen-bond acceptors (Lipinski definition) is 6. The molecule has 4 aromatic rings. The molecule has 0 aliphatic rings. The normalized spacial score (nSPS) is 12.4. The Morgan fingerprint density at radius 3 is 2.13 bits per heavy atom. The zero-order valence-electron chi connectivity index (χ0n) is 26.9. The first-order chi connectivity index (χ1) is 22.5. The number of carbonyl (C=O) groups is 2. The van der Waals surface area contributed by atoms with Gasteiger partial charge in [-0.05, 0) is 79.1 Å². The number of benzene rings is 4. The molecule has 0 spiro atoms. The van der Waals surface area contributed by atoms with Crippen LogP contribution in [-0.2, 0) is 32.6 Å². The van der Waals surface area contributed by atoms with Crippen LogP contribution in [0, 0.1) is 0 Å². The van der Waals surface area contributed by atoms with Crippen LogP contribution in [0.3, 0.4) is 0 Å². The Bertz CT molecular complexity index is 1750. The summed E-state index contributed by atoms with van der Waals surface area (Å²) in [4.78, 5) is 30.0. The van der Waals surface area contributed by atoms with Crippen molar-refractivity contribution in [3.8, 4) is 11.5 Å². The molecular weight excluding hydrogens is 638 g/mol. The Balaban J connectivity index is 1.82. The summed E-state index contributed by atoms with van der Waals surface area (Å²) in [5, 5.41) is 3.33. The summed E-state index contributed by atoms with van der Waals surface area (Å²) in [6.45, 7) is 3.28. The van der Waals surface area contributed by atoms with Crippen molar-refractivity contribution in [1.82, 2.24) is 10.2 Å². The molecule has 248 valence electrons. The van der Waals surface area contributed by atoms with Gasteiger partial charge in [-0.15, -0.1) is 0 Å². The highest BCUT2D eigenvalue weighted by atomic mass is 35.5. The van der Waals surface area contributed by atoms with Gasteiger partial charge < -0.3 is 19.7 Å². The summed E-state index contributed by atoms with van der Waals surface area (Å²) in [6.07, 6.45) is 0.900. The molecule has 4 rings (SSSR count). The highest BCUT2D eigenvalue weighted by Gasteiger charge is 2.35. The van der Waals surface area contributed by atoms with E-state index in [0.29, 0.717) is 28.5 Å². The topological polar surface area (TPSA) is 105 Å². The number of rotatable bonds is 15. The zero-order valence-corrected chi connectivity index (χ0v) is 28.5. The van der Waals surface area contributed by atoms with Crippen molar-refractivity contribution >= 4 is 39.1 Å². The number of hydrogen-bond donors (Lipinski definition) is 1. The smallest absolute Gasteiger partial charge is 0.264 e. The van der Waals surface area contributed by atoms with Crippen molar-refractivity contribution < 1.29 is 27.5 Å². The van der Waals surface area contributed by atoms with Crippen LogP contribution in [0.25, 0.3) is 0 Å². The third kappa shape index (κ3) is 9.27. The minimum absolute atomic E-state index is 0.0213. The average Bonchev–Trinajstić information content (AvgIpc) is 3.08. The fourth-order valence-corrected chi connectivity index (χ4v) is 6.59. The van der Waals surface area contributed by atoms with Gasteiger partial charge in [0.05, 0.1) is 24.8 Å². The van der Waals surface area contributed by atoms with Gasteiger partial charge in [0.1, 0.15) is 24.1 Å².